The van der Waals surface area contributed by atoms with E-state index in [1.807, 2.05) is 0 Å². The molecule has 2 aromatic rings. The maximum Gasteiger partial charge on any atom is 0.138 e. The van der Waals surface area contributed by atoms with E-state index in [0.29, 0.717) is 0 Å². The quantitative estimate of drug-likeness (QED) is 0.469. The van der Waals surface area contributed by atoms with Crippen LogP contribution in [0.2, 0.25) is 0 Å². The molecule has 0 saturated heterocycles. The summed E-state index contributed by atoms with van der Waals surface area (Å²) in [5, 5.41) is 2.69. The van der Waals surface area contributed by atoms with Crippen LogP contribution in [-0.4, -0.2) is 15.7 Å². The van der Waals surface area contributed by atoms with Crippen LogP contribution in [0.5, 0.6) is 0 Å². The smallest absolute Gasteiger partial charge is 0.0945 e. The molecule has 0 aliphatic rings. The Morgan fingerprint density at radius 3 is 2.15 bits per heavy atom. The van der Waals surface area contributed by atoms with E-state index in [1.54, 1.807) is 0 Å². The molecule has 0 nitrogen and oxygen atoms in total. The van der Waals surface area contributed by atoms with E-state index in [4.69, 9.17) is 0 Å². The minimum Gasteiger partial charge on any atom is -0.0945 e. The summed E-state index contributed by atoms with van der Waals surface area (Å²) in [6, 6.07) is 11.1. The van der Waals surface area contributed by atoms with Gasteiger partial charge in [0, 0.05) is 0 Å². The fraction of sp³-hybridized carbons (Fsp3) is 0.0909. The molecule has 0 aliphatic heterocycles. The van der Waals surface area contributed by atoms with Crippen LogP contribution in [0, 0.1) is 6.92 Å². The fourth-order valence-electron chi connectivity index (χ4n) is 1.64. The van der Waals surface area contributed by atoms with Crippen molar-refractivity contribution in [2.45, 2.75) is 6.92 Å². The Bertz CT molecular complexity index is 461. The van der Waals surface area contributed by atoms with Gasteiger partial charge in [0.1, 0.15) is 15.7 Å². The minimum atomic E-state index is 1.33. The van der Waals surface area contributed by atoms with Gasteiger partial charge in [-0.25, -0.2) is 0 Å². The lowest BCUT2D eigenvalue weighted by Crippen LogP contribution is -2.24. The van der Waals surface area contributed by atoms with Gasteiger partial charge in [-0.2, -0.15) is 0 Å². The predicted octanol–water partition coefficient (Wildman–Crippen LogP) is -0.335. The zero-order chi connectivity index (χ0) is 9.42. The van der Waals surface area contributed by atoms with Crippen LogP contribution >= 0.6 is 0 Å². The maximum absolute atomic E-state index is 2.26. The molecule has 2 aromatic carbocycles. The molecular formula is C11H12B2. The first kappa shape index (κ1) is 8.43. The van der Waals surface area contributed by atoms with Crippen LogP contribution in [0.4, 0.5) is 0 Å². The van der Waals surface area contributed by atoms with E-state index >= 15 is 0 Å². The first-order chi connectivity index (χ1) is 6.16. The lowest BCUT2D eigenvalue weighted by atomic mass is 9.79. The summed E-state index contributed by atoms with van der Waals surface area (Å²) < 4.78 is 0. The Hall–Kier alpha value is -1.17. The molecule has 2 rings (SSSR count). The normalized spacial score (nSPS) is 10.5. The Kier molecular flexibility index (Phi) is 1.91. The number of aryl methyl sites for hydroxylation is 1. The van der Waals surface area contributed by atoms with Crippen LogP contribution in [0.25, 0.3) is 10.8 Å². The summed E-state index contributed by atoms with van der Waals surface area (Å²) in [6.07, 6.45) is 0. The maximum atomic E-state index is 2.26. The summed E-state index contributed by atoms with van der Waals surface area (Å²) in [5.41, 5.74) is 4.07. The summed E-state index contributed by atoms with van der Waals surface area (Å²) in [7, 11) is 4.33. The van der Waals surface area contributed by atoms with Crippen molar-refractivity contribution in [3.05, 3.63) is 35.9 Å². The van der Waals surface area contributed by atoms with Gasteiger partial charge >= 0.3 is 0 Å². The van der Waals surface area contributed by atoms with Gasteiger partial charge in [-0.15, -0.1) is 0 Å². The topological polar surface area (TPSA) is 0 Å². The highest BCUT2D eigenvalue weighted by Crippen LogP contribution is 2.12. The second kappa shape index (κ2) is 2.95. The lowest BCUT2D eigenvalue weighted by Gasteiger charge is -2.04. The average Bonchev–Trinajstić information content (AvgIpc) is 2.08. The van der Waals surface area contributed by atoms with E-state index in [9.17, 15) is 0 Å². The van der Waals surface area contributed by atoms with Gasteiger partial charge in [0.25, 0.3) is 0 Å². The molecule has 62 valence electrons. The second-order valence-corrected chi connectivity index (χ2v) is 3.79. The van der Waals surface area contributed by atoms with Crippen molar-refractivity contribution in [2.24, 2.45) is 0 Å². The summed E-state index contributed by atoms with van der Waals surface area (Å²) in [6.45, 7) is 2.13. The van der Waals surface area contributed by atoms with Gasteiger partial charge in [0.2, 0.25) is 0 Å². The number of rotatable bonds is 0. The molecule has 0 fully saturated rings. The van der Waals surface area contributed by atoms with Crippen LogP contribution in [0.15, 0.2) is 30.3 Å². The van der Waals surface area contributed by atoms with E-state index in [-0.39, 0.29) is 0 Å². The summed E-state index contributed by atoms with van der Waals surface area (Å²) in [4.78, 5) is 0. The van der Waals surface area contributed by atoms with Crippen LogP contribution in [0.1, 0.15) is 5.56 Å². The third-order valence-corrected chi connectivity index (χ3v) is 2.61. The number of benzene rings is 2. The molecule has 0 heterocycles. The molecular weight excluding hydrogens is 154 g/mol. The highest BCUT2D eigenvalue weighted by atomic mass is 14.0. The zero-order valence-electron chi connectivity index (χ0n) is 8.39. The lowest BCUT2D eigenvalue weighted by molar-refractivity contribution is 1.51. The molecule has 0 atom stereocenters. The summed E-state index contributed by atoms with van der Waals surface area (Å²) >= 11 is 0. The Morgan fingerprint density at radius 2 is 1.46 bits per heavy atom. The Balaban J connectivity index is 2.81. The Labute approximate surface area is 80.8 Å². The largest absolute Gasteiger partial charge is 0.138 e. The van der Waals surface area contributed by atoms with E-state index in [0.717, 1.165) is 0 Å². The average molecular weight is 166 g/mol. The highest BCUT2D eigenvalue weighted by Gasteiger charge is 1.97. The molecule has 0 saturated carbocycles. The van der Waals surface area contributed by atoms with Gasteiger partial charge in [-0.1, -0.05) is 46.8 Å². The van der Waals surface area contributed by atoms with Gasteiger partial charge in [0.05, 0.1) is 0 Å². The molecule has 0 aliphatic carbocycles. The van der Waals surface area contributed by atoms with E-state index in [2.05, 4.69) is 52.9 Å². The van der Waals surface area contributed by atoms with Crippen LogP contribution < -0.4 is 10.9 Å². The third kappa shape index (κ3) is 1.49. The SMILES string of the molecule is Bc1cc2ccc(C)cc2cc1B. The number of fused-ring (bicyclic) bond motifs is 1. The zero-order valence-corrected chi connectivity index (χ0v) is 8.39. The summed E-state index contributed by atoms with van der Waals surface area (Å²) in [5.74, 6) is 0. The van der Waals surface area contributed by atoms with Crippen molar-refractivity contribution >= 4 is 37.4 Å². The monoisotopic (exact) mass is 166 g/mol. The molecule has 13 heavy (non-hydrogen) atoms. The van der Waals surface area contributed by atoms with Gasteiger partial charge in [-0.3, -0.25) is 0 Å². The third-order valence-electron chi connectivity index (χ3n) is 2.61. The standard InChI is InChI=1S/C11H12B2/c1-7-2-3-8-5-10(12)11(13)6-9(8)4-7/h2-6H,12-13H2,1H3. The second-order valence-electron chi connectivity index (χ2n) is 3.79. The highest BCUT2D eigenvalue weighted by molar-refractivity contribution is 6.49. The van der Waals surface area contributed by atoms with Gasteiger partial charge < -0.3 is 0 Å². The van der Waals surface area contributed by atoms with Crippen molar-refractivity contribution in [3.8, 4) is 0 Å². The molecule has 2 heteroatoms. The van der Waals surface area contributed by atoms with Crippen molar-refractivity contribution in [3.63, 3.8) is 0 Å². The van der Waals surface area contributed by atoms with Crippen LogP contribution in [0.3, 0.4) is 0 Å². The van der Waals surface area contributed by atoms with Gasteiger partial charge in [-0.05, 0) is 17.7 Å². The van der Waals surface area contributed by atoms with E-state index in [1.165, 1.54) is 27.3 Å². The predicted molar refractivity (Wildman–Crippen MR) is 65.0 cm³/mol. The first-order valence-corrected chi connectivity index (χ1v) is 4.64. The molecule has 0 radical (unpaired) electrons. The number of hydrogen-bond acceptors (Lipinski definition) is 0. The molecule has 0 spiro atoms. The number of hydrogen-bond donors (Lipinski definition) is 0. The van der Waals surface area contributed by atoms with Crippen molar-refractivity contribution in [1.82, 2.24) is 0 Å². The Morgan fingerprint density at radius 1 is 0.846 bits per heavy atom. The minimum absolute atomic E-state index is 1.33. The molecule has 0 amide bonds. The van der Waals surface area contributed by atoms with Crippen molar-refractivity contribution in [2.75, 3.05) is 0 Å². The fourth-order valence-corrected chi connectivity index (χ4v) is 1.64. The molecule has 0 aromatic heterocycles. The first-order valence-electron chi connectivity index (χ1n) is 4.64. The van der Waals surface area contributed by atoms with Crippen molar-refractivity contribution < 1.29 is 0 Å². The van der Waals surface area contributed by atoms with Gasteiger partial charge in [0.15, 0.2) is 0 Å². The van der Waals surface area contributed by atoms with Crippen LogP contribution in [-0.2, 0) is 0 Å². The molecule has 0 unspecified atom stereocenters. The molecule has 0 N–H and O–H groups in total. The van der Waals surface area contributed by atoms with E-state index < -0.39 is 0 Å². The molecule has 0 bridgehead atoms. The van der Waals surface area contributed by atoms with Crippen molar-refractivity contribution in [1.29, 1.82) is 0 Å².